The number of fused-ring (bicyclic) bond motifs is 15. The third-order valence-electron chi connectivity index (χ3n) is 17.1. The van der Waals surface area contributed by atoms with Crippen molar-refractivity contribution in [3.8, 4) is 28.6 Å². The van der Waals surface area contributed by atoms with E-state index in [1.54, 1.807) is 23.5 Å². The average molecular weight is 1050 g/mol. The standard InChI is InChI=1S/C68H40N5O2PS2/c1-37-27-29-52-60(31-37)77-67-56(70-48-23-11-5-17-42(48)43-18-6-12-24-49(43)70)35-58-65-62(67)72(52)54-33-39(69-46-21-9-3-15-40(46)41-16-4-10-22-47(41)69)34-55-64(54)76(65,74)66-59(75-58)36-57(68-63(66)73(55)53-30-28-38(2)32-61(53)78-68)71-50-25-13-7-19-44(50)45-20-8-14-26-51(45)71/h3-36H,1-2H3. The fourth-order valence-electron chi connectivity index (χ4n) is 14.1. The summed E-state index contributed by atoms with van der Waals surface area (Å²) in [5, 5.41) is 9.42. The normalized spacial score (nSPS) is 14.6. The van der Waals surface area contributed by atoms with Gasteiger partial charge in [0.25, 0.3) is 0 Å². The predicted molar refractivity (Wildman–Crippen MR) is 323 cm³/mol. The molecular weight excluding hydrogens is 1010 g/mol. The van der Waals surface area contributed by atoms with Gasteiger partial charge in [0.15, 0.2) is 7.14 Å². The molecule has 8 heterocycles. The number of hydrogen-bond acceptors (Lipinski definition) is 6. The molecule has 0 atom stereocenters. The third kappa shape index (κ3) is 5.05. The molecule has 0 unspecified atom stereocenters. The topological polar surface area (TPSA) is 47.6 Å². The quantitative estimate of drug-likeness (QED) is 0.164. The molecule has 0 bridgehead atoms. The first-order valence-corrected chi connectivity index (χ1v) is 29.8. The van der Waals surface area contributed by atoms with E-state index in [4.69, 9.17) is 4.74 Å². The van der Waals surface area contributed by atoms with Gasteiger partial charge in [0.05, 0.1) is 110 Å². The molecule has 7 nitrogen and oxygen atoms in total. The highest BCUT2D eigenvalue weighted by Gasteiger charge is 2.58. The lowest BCUT2D eigenvalue weighted by Crippen LogP contribution is -2.47. The second-order valence-electron chi connectivity index (χ2n) is 21.3. The van der Waals surface area contributed by atoms with Crippen LogP contribution < -0.4 is 30.5 Å². The van der Waals surface area contributed by atoms with Crippen molar-refractivity contribution >= 4 is 146 Å². The van der Waals surface area contributed by atoms with E-state index in [0.29, 0.717) is 11.5 Å². The number of aromatic nitrogens is 3. The van der Waals surface area contributed by atoms with E-state index >= 15 is 4.57 Å². The van der Waals surface area contributed by atoms with Gasteiger partial charge in [0.1, 0.15) is 11.5 Å². The molecule has 0 spiro atoms. The molecule has 0 fully saturated rings. The van der Waals surface area contributed by atoms with E-state index in [2.05, 4.69) is 244 Å². The maximum Gasteiger partial charge on any atom is 0.186 e. The molecule has 10 heteroatoms. The molecule has 0 saturated heterocycles. The van der Waals surface area contributed by atoms with E-state index in [-0.39, 0.29) is 0 Å². The van der Waals surface area contributed by atoms with Crippen LogP contribution in [0.4, 0.5) is 34.1 Å². The van der Waals surface area contributed by atoms with Crippen LogP contribution in [0.2, 0.25) is 0 Å². The van der Waals surface area contributed by atoms with Gasteiger partial charge in [-0.2, -0.15) is 0 Å². The molecule has 366 valence electrons. The van der Waals surface area contributed by atoms with Crippen molar-refractivity contribution in [2.45, 2.75) is 33.4 Å². The van der Waals surface area contributed by atoms with E-state index in [1.807, 2.05) is 0 Å². The summed E-state index contributed by atoms with van der Waals surface area (Å²) < 4.78 is 33.5. The first-order chi connectivity index (χ1) is 38.4. The van der Waals surface area contributed by atoms with Crippen LogP contribution in [0.1, 0.15) is 11.1 Å². The van der Waals surface area contributed by atoms with Crippen LogP contribution >= 0.6 is 30.7 Å². The van der Waals surface area contributed by atoms with Crippen molar-refractivity contribution in [3.05, 3.63) is 217 Å². The Morgan fingerprint density at radius 1 is 0.359 bits per heavy atom. The van der Waals surface area contributed by atoms with Crippen LogP contribution in [-0.4, -0.2) is 13.7 Å². The molecule has 5 aliphatic heterocycles. The molecule has 0 saturated carbocycles. The van der Waals surface area contributed by atoms with Gasteiger partial charge in [0, 0.05) is 54.2 Å². The maximum atomic E-state index is 18.5. The molecular formula is C68H40N5O2PS2. The highest BCUT2D eigenvalue weighted by Crippen LogP contribution is 2.72. The van der Waals surface area contributed by atoms with Gasteiger partial charge in [-0.3, -0.25) is 0 Å². The summed E-state index contributed by atoms with van der Waals surface area (Å²) in [5.41, 5.74) is 17.7. The number of rotatable bonds is 3. The van der Waals surface area contributed by atoms with E-state index in [1.165, 1.54) is 43.4 Å². The molecule has 0 radical (unpaired) electrons. The summed E-state index contributed by atoms with van der Waals surface area (Å²) in [6.45, 7) is 4.36. The number of ether oxygens (including phenoxy) is 1. The molecule has 0 N–H and O–H groups in total. The summed E-state index contributed by atoms with van der Waals surface area (Å²) in [6.07, 6.45) is 0. The van der Waals surface area contributed by atoms with Crippen molar-refractivity contribution in [3.63, 3.8) is 0 Å². The Bertz CT molecular complexity index is 4820. The number of aryl methyl sites for hydroxylation is 2. The number of para-hydroxylation sites is 6. The zero-order chi connectivity index (χ0) is 51.0. The smallest absolute Gasteiger partial charge is 0.186 e. The minimum absolute atomic E-state index is 0.617. The van der Waals surface area contributed by atoms with Crippen LogP contribution in [0, 0.1) is 13.8 Å². The highest BCUT2D eigenvalue weighted by molar-refractivity contribution is 8.00. The Kier molecular flexibility index (Phi) is 7.91. The third-order valence-corrected chi connectivity index (χ3v) is 22.6. The SMILES string of the molecule is Cc1ccc2c(c1)Sc1c(-n3c4ccccc4c4ccccc43)cc3c4c1N2c1cc(-n2c5ccccc5c5ccccc52)cc2c1P4(=O)c1c(cc(-n4c5ccccc5c5ccccc54)c4c1N2c1ccc(C)cc1S4)O3. The van der Waals surface area contributed by atoms with Crippen LogP contribution in [0.5, 0.6) is 11.5 Å². The largest absolute Gasteiger partial charge is 0.455 e. The number of anilines is 6. The molecule has 11 aromatic carbocycles. The minimum atomic E-state index is -3.86. The van der Waals surface area contributed by atoms with Gasteiger partial charge in [-0.1, -0.05) is 145 Å². The number of hydrogen-bond donors (Lipinski definition) is 0. The van der Waals surface area contributed by atoms with Crippen molar-refractivity contribution in [1.29, 1.82) is 0 Å². The van der Waals surface area contributed by atoms with Gasteiger partial charge in [-0.25, -0.2) is 0 Å². The second-order valence-corrected chi connectivity index (χ2v) is 26.0. The summed E-state index contributed by atoms with van der Waals surface area (Å²) >= 11 is 3.56. The summed E-state index contributed by atoms with van der Waals surface area (Å²) in [7, 11) is -3.86. The van der Waals surface area contributed by atoms with Crippen molar-refractivity contribution < 1.29 is 9.30 Å². The summed E-state index contributed by atoms with van der Waals surface area (Å²) in [4.78, 5) is 9.29. The first kappa shape index (κ1) is 42.3. The lowest BCUT2D eigenvalue weighted by Gasteiger charge is -2.50. The van der Waals surface area contributed by atoms with Crippen LogP contribution in [0.3, 0.4) is 0 Å². The van der Waals surface area contributed by atoms with Crippen LogP contribution in [0.25, 0.3) is 82.5 Å². The molecule has 14 aromatic rings. The molecule has 78 heavy (non-hydrogen) atoms. The van der Waals surface area contributed by atoms with Crippen LogP contribution in [0.15, 0.2) is 226 Å². The van der Waals surface area contributed by atoms with Crippen molar-refractivity contribution in [2.24, 2.45) is 0 Å². The lowest BCUT2D eigenvalue weighted by atomic mass is 10.1. The number of benzene rings is 11. The Morgan fingerprint density at radius 2 is 0.705 bits per heavy atom. The lowest BCUT2D eigenvalue weighted by molar-refractivity contribution is 0.484. The van der Waals surface area contributed by atoms with Crippen molar-refractivity contribution in [2.75, 3.05) is 9.80 Å². The minimum Gasteiger partial charge on any atom is -0.455 e. The van der Waals surface area contributed by atoms with Gasteiger partial charge in [-0.05, 0) is 97.8 Å². The fraction of sp³-hybridized carbons (Fsp3) is 0.0294. The molecule has 19 rings (SSSR count). The molecule has 3 aromatic heterocycles. The Morgan fingerprint density at radius 3 is 1.08 bits per heavy atom. The van der Waals surface area contributed by atoms with Gasteiger partial charge >= 0.3 is 0 Å². The Labute approximate surface area is 455 Å². The Balaban J connectivity index is 1.02. The summed E-state index contributed by atoms with van der Waals surface area (Å²) in [5.74, 6) is 1.23. The number of nitrogens with zero attached hydrogens (tertiary/aromatic N) is 5. The van der Waals surface area contributed by atoms with E-state index in [0.717, 1.165) is 120 Å². The summed E-state index contributed by atoms with van der Waals surface area (Å²) in [6, 6.07) is 75.1. The molecule has 0 aliphatic carbocycles. The van der Waals surface area contributed by atoms with Crippen molar-refractivity contribution in [1.82, 2.24) is 13.7 Å². The first-order valence-electron chi connectivity index (χ1n) is 26.4. The van der Waals surface area contributed by atoms with Gasteiger partial charge < -0.3 is 32.8 Å². The fourth-order valence-corrected chi connectivity index (χ4v) is 20.3. The Hall–Kier alpha value is -8.85. The molecule has 5 aliphatic rings. The van der Waals surface area contributed by atoms with Crippen LogP contribution in [-0.2, 0) is 4.57 Å². The van der Waals surface area contributed by atoms with Gasteiger partial charge in [-0.15, -0.1) is 0 Å². The molecule has 0 amide bonds. The highest BCUT2D eigenvalue weighted by atomic mass is 32.2. The van der Waals surface area contributed by atoms with E-state index in [9.17, 15) is 0 Å². The predicted octanol–water partition coefficient (Wildman–Crippen LogP) is 17.8. The van der Waals surface area contributed by atoms with E-state index < -0.39 is 7.14 Å². The zero-order valence-electron chi connectivity index (χ0n) is 41.9. The average Bonchev–Trinajstić information content (AvgIpc) is 1.95. The monoisotopic (exact) mass is 1050 g/mol. The zero-order valence-corrected chi connectivity index (χ0v) is 44.5. The maximum absolute atomic E-state index is 18.5. The second kappa shape index (κ2) is 14.6. The van der Waals surface area contributed by atoms with Gasteiger partial charge in [0.2, 0.25) is 0 Å².